The Bertz CT molecular complexity index is 1510. The molecule has 9 nitrogen and oxygen atoms in total. The summed E-state index contributed by atoms with van der Waals surface area (Å²) in [6.45, 7) is 2.10. The summed E-state index contributed by atoms with van der Waals surface area (Å²) < 4.78 is 18.0. The summed E-state index contributed by atoms with van der Waals surface area (Å²) >= 11 is 0. The van der Waals surface area contributed by atoms with Crippen LogP contribution in [-0.4, -0.2) is 49.4 Å². The van der Waals surface area contributed by atoms with Gasteiger partial charge in [0.15, 0.2) is 0 Å². The molecule has 9 heteroatoms. The lowest BCUT2D eigenvalue weighted by molar-refractivity contribution is -0.268. The molecule has 42 heavy (non-hydrogen) atoms. The third-order valence-corrected chi connectivity index (χ3v) is 7.44. The Labute approximate surface area is 244 Å². The van der Waals surface area contributed by atoms with Gasteiger partial charge in [-0.3, -0.25) is 0 Å². The van der Waals surface area contributed by atoms with Crippen LogP contribution in [0.2, 0.25) is 0 Å². The van der Waals surface area contributed by atoms with Crippen LogP contribution in [-0.2, 0) is 22.7 Å². The van der Waals surface area contributed by atoms with Crippen molar-refractivity contribution in [3.05, 3.63) is 124 Å². The van der Waals surface area contributed by atoms with Gasteiger partial charge in [-0.25, -0.2) is 0 Å². The summed E-state index contributed by atoms with van der Waals surface area (Å²) in [4.78, 5) is 16.0. The molecule has 3 atom stereocenters. The Morgan fingerprint density at radius 3 is 2.40 bits per heavy atom. The van der Waals surface area contributed by atoms with Crippen LogP contribution >= 0.6 is 0 Å². The monoisotopic (exact) mass is 565 g/mol. The van der Waals surface area contributed by atoms with E-state index in [0.29, 0.717) is 25.6 Å². The van der Waals surface area contributed by atoms with Crippen molar-refractivity contribution in [3.63, 3.8) is 0 Å². The van der Waals surface area contributed by atoms with Crippen LogP contribution in [0.25, 0.3) is 21.2 Å². The maximum Gasteiger partial charge on any atom is 0.137 e. The smallest absolute Gasteiger partial charge is 0.137 e. The predicted molar refractivity (Wildman–Crippen MR) is 158 cm³/mol. The number of amides is 1. The second kappa shape index (κ2) is 14.4. The fourth-order valence-electron chi connectivity index (χ4n) is 5.34. The second-order valence-corrected chi connectivity index (χ2v) is 10.3. The normalized spacial score (nSPS) is 18.4. The lowest BCUT2D eigenvalue weighted by atomic mass is 9.83. The zero-order valence-corrected chi connectivity index (χ0v) is 23.2. The molecule has 1 saturated heterocycles. The molecule has 0 aliphatic carbocycles. The number of likely N-dealkylation sites (tertiary alicyclic amines) is 1. The van der Waals surface area contributed by atoms with Gasteiger partial charge >= 0.3 is 0 Å². The zero-order valence-electron chi connectivity index (χ0n) is 23.2. The highest BCUT2D eigenvalue weighted by Crippen LogP contribution is 2.34. The molecule has 1 aliphatic heterocycles. The molecule has 0 radical (unpaired) electrons. The SMILES string of the molecule is [N-]=[N+]=NC1CN(C(=O)[O-])CC(OCc2ccc3ccccc3c2)C1c1ccc(OCCCOCc2ccccc2)cc1. The Hall–Kier alpha value is -4.56. The third-order valence-electron chi connectivity index (χ3n) is 7.44. The van der Waals surface area contributed by atoms with Gasteiger partial charge in [-0.1, -0.05) is 84.0 Å². The molecule has 0 spiro atoms. The first kappa shape index (κ1) is 29.0. The quantitative estimate of drug-likeness (QED) is 0.0926. The number of piperidine rings is 1. The fraction of sp³-hybridized carbons (Fsp3) is 0.303. The third kappa shape index (κ3) is 7.59. The molecule has 4 aromatic rings. The Morgan fingerprint density at radius 1 is 0.881 bits per heavy atom. The molecular formula is C33H33N4O5-. The van der Waals surface area contributed by atoms with Crippen molar-refractivity contribution in [1.29, 1.82) is 0 Å². The van der Waals surface area contributed by atoms with Crippen LogP contribution in [0, 0.1) is 0 Å². The fourth-order valence-corrected chi connectivity index (χ4v) is 5.34. The minimum Gasteiger partial charge on any atom is -0.530 e. The molecule has 216 valence electrons. The standard InChI is InChI=1S/C33H34N4O5/c34-36-35-30-20-37(33(38)39)21-31(42-23-25-11-12-26-9-4-5-10-28(26)19-25)32(30)27-13-15-29(16-14-27)41-18-6-17-40-22-24-7-2-1-3-8-24/h1-5,7-16,19,30-32H,6,17-18,20-23H2,(H,38,39)/p-1. The van der Waals surface area contributed by atoms with E-state index in [2.05, 4.69) is 16.1 Å². The molecule has 1 fully saturated rings. The van der Waals surface area contributed by atoms with Crippen LogP contribution in [0.5, 0.6) is 5.75 Å². The largest absolute Gasteiger partial charge is 0.530 e. The van der Waals surface area contributed by atoms with Crippen molar-refractivity contribution in [3.8, 4) is 5.75 Å². The molecule has 0 aromatic heterocycles. The predicted octanol–water partition coefficient (Wildman–Crippen LogP) is 5.83. The number of nitrogens with zero attached hydrogens (tertiary/aromatic N) is 4. The maximum atomic E-state index is 11.8. The highest BCUT2D eigenvalue weighted by Gasteiger charge is 2.38. The van der Waals surface area contributed by atoms with E-state index in [0.717, 1.165) is 38.8 Å². The molecule has 1 heterocycles. The number of carbonyl (C=O) groups excluding carboxylic acids is 1. The van der Waals surface area contributed by atoms with E-state index in [9.17, 15) is 15.4 Å². The van der Waals surface area contributed by atoms with Gasteiger partial charge < -0.3 is 29.0 Å². The second-order valence-electron chi connectivity index (χ2n) is 10.3. The van der Waals surface area contributed by atoms with Gasteiger partial charge in [0.1, 0.15) is 11.8 Å². The molecule has 0 bridgehead atoms. The number of ether oxygens (including phenoxy) is 3. The van der Waals surface area contributed by atoms with Gasteiger partial charge in [0.25, 0.3) is 0 Å². The van der Waals surface area contributed by atoms with Crippen molar-refractivity contribution in [1.82, 2.24) is 4.90 Å². The van der Waals surface area contributed by atoms with Gasteiger partial charge in [0.05, 0.1) is 38.6 Å². The zero-order chi connectivity index (χ0) is 29.1. The first-order valence-electron chi connectivity index (χ1n) is 14.0. The molecule has 4 aromatic carbocycles. The number of carbonyl (C=O) groups is 1. The summed E-state index contributed by atoms with van der Waals surface area (Å²) in [5.74, 6) is 0.361. The van der Waals surface area contributed by atoms with Gasteiger partial charge in [-0.15, -0.1) is 0 Å². The van der Waals surface area contributed by atoms with Gasteiger partial charge in [0.2, 0.25) is 0 Å². The highest BCUT2D eigenvalue weighted by atomic mass is 16.5. The number of benzene rings is 4. The minimum atomic E-state index is -1.32. The topological polar surface area (TPSA) is 120 Å². The van der Waals surface area contributed by atoms with E-state index in [-0.39, 0.29) is 25.6 Å². The molecule has 3 unspecified atom stereocenters. The summed E-state index contributed by atoms with van der Waals surface area (Å²) in [7, 11) is 0. The van der Waals surface area contributed by atoms with Crippen LogP contribution in [0.4, 0.5) is 4.79 Å². The van der Waals surface area contributed by atoms with E-state index >= 15 is 0 Å². The van der Waals surface area contributed by atoms with Crippen LogP contribution < -0.4 is 9.84 Å². The van der Waals surface area contributed by atoms with E-state index < -0.39 is 18.2 Å². The lowest BCUT2D eigenvalue weighted by Gasteiger charge is -2.43. The number of hydrogen-bond donors (Lipinski definition) is 0. The Kier molecular flexibility index (Phi) is 9.90. The highest BCUT2D eigenvalue weighted by molar-refractivity contribution is 5.82. The summed E-state index contributed by atoms with van der Waals surface area (Å²) in [5.41, 5.74) is 12.3. The van der Waals surface area contributed by atoms with E-state index in [1.54, 1.807) is 0 Å². The molecular weight excluding hydrogens is 532 g/mol. The van der Waals surface area contributed by atoms with Gasteiger partial charge in [-0.2, -0.15) is 0 Å². The number of azide groups is 1. The first-order valence-corrected chi connectivity index (χ1v) is 14.0. The average molecular weight is 566 g/mol. The van der Waals surface area contributed by atoms with Crippen molar-refractivity contribution in [2.75, 3.05) is 26.3 Å². The van der Waals surface area contributed by atoms with Crippen molar-refractivity contribution < 1.29 is 24.1 Å². The van der Waals surface area contributed by atoms with E-state index in [4.69, 9.17) is 14.2 Å². The maximum absolute atomic E-state index is 11.8. The van der Waals surface area contributed by atoms with Crippen molar-refractivity contribution >= 4 is 16.9 Å². The average Bonchev–Trinajstić information content (AvgIpc) is 3.02. The van der Waals surface area contributed by atoms with Crippen molar-refractivity contribution in [2.24, 2.45) is 5.11 Å². The van der Waals surface area contributed by atoms with E-state index in [1.165, 1.54) is 0 Å². The molecule has 0 N–H and O–H groups in total. The number of carboxylic acid groups (broad SMARTS) is 1. The minimum absolute atomic E-state index is 0.0358. The Morgan fingerprint density at radius 2 is 1.64 bits per heavy atom. The summed E-state index contributed by atoms with van der Waals surface area (Å²) in [6, 6.07) is 31.1. The van der Waals surface area contributed by atoms with Crippen LogP contribution in [0.1, 0.15) is 29.0 Å². The first-order chi connectivity index (χ1) is 20.6. The molecule has 0 saturated carbocycles. The summed E-state index contributed by atoms with van der Waals surface area (Å²) in [6.07, 6.45) is -1.12. The van der Waals surface area contributed by atoms with Gasteiger partial charge in [-0.05, 0) is 51.2 Å². The van der Waals surface area contributed by atoms with Crippen molar-refractivity contribution in [2.45, 2.75) is 37.7 Å². The Balaban J connectivity index is 1.23. The van der Waals surface area contributed by atoms with Crippen LogP contribution in [0.15, 0.2) is 102 Å². The van der Waals surface area contributed by atoms with E-state index in [1.807, 2.05) is 91.0 Å². The van der Waals surface area contributed by atoms with Crippen LogP contribution in [0.3, 0.4) is 0 Å². The molecule has 1 amide bonds. The molecule has 1 aliphatic rings. The number of rotatable bonds is 12. The van der Waals surface area contributed by atoms with Gasteiger partial charge in [0, 0.05) is 30.3 Å². The number of hydrogen-bond acceptors (Lipinski definition) is 6. The number of fused-ring (bicyclic) bond motifs is 1. The lowest BCUT2D eigenvalue weighted by Crippen LogP contribution is -2.56. The molecule has 5 rings (SSSR count). The summed E-state index contributed by atoms with van der Waals surface area (Å²) in [5, 5.41) is 18.0.